The molecule has 0 spiro atoms. The molecule has 5 nitrogen and oxygen atoms in total. The lowest BCUT2D eigenvalue weighted by molar-refractivity contribution is -0.118. The first-order chi connectivity index (χ1) is 17.8. The Bertz CT molecular complexity index is 1340. The summed E-state index contributed by atoms with van der Waals surface area (Å²) < 4.78 is 0. The van der Waals surface area contributed by atoms with E-state index in [1.165, 1.54) is 0 Å². The molecule has 3 aromatic carbocycles. The highest BCUT2D eigenvalue weighted by Gasteiger charge is 2.43. The number of amides is 1. The van der Waals surface area contributed by atoms with E-state index in [0.29, 0.717) is 17.6 Å². The van der Waals surface area contributed by atoms with E-state index in [0.717, 1.165) is 47.8 Å². The van der Waals surface area contributed by atoms with Crippen LogP contribution in [0.4, 0.5) is 17.1 Å². The molecule has 5 heteroatoms. The maximum atomic E-state index is 14.2. The van der Waals surface area contributed by atoms with Crippen LogP contribution in [-0.2, 0) is 4.79 Å². The summed E-state index contributed by atoms with van der Waals surface area (Å²) in [5.41, 5.74) is 5.71. The summed E-state index contributed by atoms with van der Waals surface area (Å²) in [6.07, 6.45) is 1.19. The Morgan fingerprint density at radius 1 is 0.919 bits per heavy atom. The van der Waals surface area contributed by atoms with Gasteiger partial charge in [-0.2, -0.15) is 0 Å². The number of benzene rings is 3. The van der Waals surface area contributed by atoms with Gasteiger partial charge in [-0.15, -0.1) is 0 Å². The zero-order valence-electron chi connectivity index (χ0n) is 22.1. The molecule has 190 valence electrons. The van der Waals surface area contributed by atoms with Gasteiger partial charge in [0.25, 0.3) is 5.91 Å². The number of anilines is 3. The van der Waals surface area contributed by atoms with E-state index in [1.54, 1.807) is 0 Å². The van der Waals surface area contributed by atoms with Crippen LogP contribution in [0.3, 0.4) is 0 Å². The first kappa shape index (κ1) is 24.8. The second kappa shape index (κ2) is 9.89. The summed E-state index contributed by atoms with van der Waals surface area (Å²) in [5, 5.41) is 3.59. The highest BCUT2D eigenvalue weighted by molar-refractivity contribution is 6.12. The largest absolute Gasteiger partial charge is 0.372 e. The number of Topliss-reactive ketones (excluding diaryl/α,β-unsaturated/α-hetero) is 1. The molecule has 0 bridgehead atoms. The number of rotatable bonds is 5. The quantitative estimate of drug-likeness (QED) is 0.416. The van der Waals surface area contributed by atoms with Crippen molar-refractivity contribution in [2.45, 2.75) is 46.6 Å². The number of ketones is 1. The van der Waals surface area contributed by atoms with Crippen LogP contribution in [0.5, 0.6) is 0 Å². The molecule has 1 aliphatic carbocycles. The first-order valence-electron chi connectivity index (χ1n) is 13.2. The third kappa shape index (κ3) is 4.66. The summed E-state index contributed by atoms with van der Waals surface area (Å²) in [5.74, 6) is -0.0331. The number of allylic oxidation sites excluding steroid dienone is 1. The summed E-state index contributed by atoms with van der Waals surface area (Å²) in [7, 11) is 0. The van der Waals surface area contributed by atoms with Crippen molar-refractivity contribution in [3.05, 3.63) is 101 Å². The van der Waals surface area contributed by atoms with Gasteiger partial charge >= 0.3 is 0 Å². The van der Waals surface area contributed by atoms with E-state index in [-0.39, 0.29) is 17.1 Å². The highest BCUT2D eigenvalue weighted by Crippen LogP contribution is 2.48. The number of nitrogens with one attached hydrogen (secondary N) is 1. The Morgan fingerprint density at radius 2 is 1.57 bits per heavy atom. The van der Waals surface area contributed by atoms with E-state index in [2.05, 4.69) is 62.2 Å². The molecular formula is C32H35N3O2. The first-order valence-corrected chi connectivity index (χ1v) is 13.2. The van der Waals surface area contributed by atoms with Gasteiger partial charge in [0, 0.05) is 42.0 Å². The molecule has 37 heavy (non-hydrogen) atoms. The molecule has 3 aromatic rings. The zero-order chi connectivity index (χ0) is 26.2. The maximum Gasteiger partial charge on any atom is 0.259 e. The SMILES string of the molecule is CCN(CC)c1ccc([C@@H]2C3=C(CC(C)(C)CC3=O)Nc3ccccc3N2C(=O)c2ccccc2)cc1. The van der Waals surface area contributed by atoms with Crippen molar-refractivity contribution in [2.24, 2.45) is 5.41 Å². The average molecular weight is 494 g/mol. The van der Waals surface area contributed by atoms with Crippen LogP contribution in [0.1, 0.15) is 62.5 Å². The van der Waals surface area contributed by atoms with Gasteiger partial charge in [0.15, 0.2) is 5.78 Å². The van der Waals surface area contributed by atoms with Crippen LogP contribution in [0.25, 0.3) is 0 Å². The number of fused-ring (bicyclic) bond motifs is 1. The van der Waals surface area contributed by atoms with Gasteiger partial charge in [0.05, 0.1) is 17.4 Å². The third-order valence-electron chi connectivity index (χ3n) is 7.48. The molecule has 0 fully saturated rings. The molecule has 1 heterocycles. The van der Waals surface area contributed by atoms with E-state index in [1.807, 2.05) is 59.5 Å². The van der Waals surface area contributed by atoms with Crippen LogP contribution >= 0.6 is 0 Å². The molecule has 1 atom stereocenters. The molecule has 0 aromatic heterocycles. The maximum absolute atomic E-state index is 14.2. The highest BCUT2D eigenvalue weighted by atomic mass is 16.2. The van der Waals surface area contributed by atoms with Gasteiger partial charge in [-0.1, -0.05) is 56.3 Å². The Morgan fingerprint density at radius 3 is 2.24 bits per heavy atom. The van der Waals surface area contributed by atoms with E-state index in [4.69, 9.17) is 0 Å². The van der Waals surface area contributed by atoms with Crippen LogP contribution in [-0.4, -0.2) is 24.8 Å². The Kier molecular flexibility index (Phi) is 6.63. The van der Waals surface area contributed by atoms with Crippen molar-refractivity contribution in [3.8, 4) is 0 Å². The number of para-hydroxylation sites is 2. The molecule has 0 saturated heterocycles. The summed E-state index contributed by atoms with van der Waals surface area (Å²) >= 11 is 0. The Labute approximate surface area is 219 Å². The summed E-state index contributed by atoms with van der Waals surface area (Å²) in [4.78, 5) is 32.2. The lowest BCUT2D eigenvalue weighted by Crippen LogP contribution is -2.39. The van der Waals surface area contributed by atoms with E-state index >= 15 is 0 Å². The van der Waals surface area contributed by atoms with Crippen molar-refractivity contribution < 1.29 is 9.59 Å². The topological polar surface area (TPSA) is 52.7 Å². The predicted molar refractivity (Wildman–Crippen MR) is 151 cm³/mol. The number of hydrogen-bond acceptors (Lipinski definition) is 4. The molecule has 2 aliphatic rings. The molecule has 5 rings (SSSR count). The molecule has 0 unspecified atom stereocenters. The van der Waals surface area contributed by atoms with Gasteiger partial charge < -0.3 is 10.2 Å². The van der Waals surface area contributed by atoms with Gasteiger partial charge in [0.2, 0.25) is 0 Å². The van der Waals surface area contributed by atoms with Crippen molar-refractivity contribution >= 4 is 28.8 Å². The van der Waals surface area contributed by atoms with Crippen LogP contribution in [0, 0.1) is 5.41 Å². The van der Waals surface area contributed by atoms with Gasteiger partial charge in [-0.25, -0.2) is 0 Å². The number of carbonyl (C=O) groups excluding carboxylic acids is 2. The van der Waals surface area contributed by atoms with Crippen molar-refractivity contribution in [3.63, 3.8) is 0 Å². The molecule has 1 amide bonds. The second-order valence-electron chi connectivity index (χ2n) is 10.7. The fourth-order valence-corrected chi connectivity index (χ4v) is 5.70. The fraction of sp³-hybridized carbons (Fsp3) is 0.312. The normalized spacial score (nSPS) is 18.4. The minimum absolute atomic E-state index is 0.0928. The molecule has 0 radical (unpaired) electrons. The predicted octanol–water partition coefficient (Wildman–Crippen LogP) is 6.99. The second-order valence-corrected chi connectivity index (χ2v) is 10.7. The standard InChI is InChI=1S/C32H35N3O2/c1-5-34(6-2)24-18-16-22(17-19-24)30-29-26(20-32(3,4)21-28(29)36)33-25-14-10-11-15-27(25)35(30)31(37)23-12-8-7-9-13-23/h7-19,30,33H,5-6,20-21H2,1-4H3/t30-/m1/s1. The smallest absolute Gasteiger partial charge is 0.259 e. The fourth-order valence-electron chi connectivity index (χ4n) is 5.70. The van der Waals surface area contributed by atoms with Crippen molar-refractivity contribution in [2.75, 3.05) is 28.2 Å². The molecule has 0 saturated carbocycles. The molecule has 1 aliphatic heterocycles. The van der Waals surface area contributed by atoms with Crippen molar-refractivity contribution in [1.82, 2.24) is 0 Å². The summed E-state index contributed by atoms with van der Waals surface area (Å²) in [6.45, 7) is 10.4. The third-order valence-corrected chi connectivity index (χ3v) is 7.48. The van der Waals surface area contributed by atoms with Gasteiger partial charge in [-0.3, -0.25) is 14.5 Å². The van der Waals surface area contributed by atoms with E-state index < -0.39 is 6.04 Å². The van der Waals surface area contributed by atoms with Crippen LogP contribution < -0.4 is 15.1 Å². The van der Waals surface area contributed by atoms with Crippen LogP contribution in [0.2, 0.25) is 0 Å². The Hall–Kier alpha value is -3.86. The summed E-state index contributed by atoms with van der Waals surface area (Å²) in [6, 6.07) is 25.0. The lowest BCUT2D eigenvalue weighted by Gasteiger charge is -2.37. The number of nitrogens with zero attached hydrogens (tertiary/aromatic N) is 2. The zero-order valence-corrected chi connectivity index (χ0v) is 22.1. The molecular weight excluding hydrogens is 458 g/mol. The van der Waals surface area contributed by atoms with Crippen LogP contribution in [0.15, 0.2) is 90.1 Å². The van der Waals surface area contributed by atoms with Gasteiger partial charge in [0.1, 0.15) is 0 Å². The minimum Gasteiger partial charge on any atom is -0.372 e. The van der Waals surface area contributed by atoms with E-state index in [9.17, 15) is 9.59 Å². The van der Waals surface area contributed by atoms with Gasteiger partial charge in [-0.05, 0) is 67.6 Å². The lowest BCUT2D eigenvalue weighted by atomic mass is 9.73. The monoisotopic (exact) mass is 493 g/mol. The van der Waals surface area contributed by atoms with Crippen molar-refractivity contribution in [1.29, 1.82) is 0 Å². The Balaban J connectivity index is 1.74. The number of carbonyl (C=O) groups is 2. The molecule has 1 N–H and O–H groups in total. The average Bonchev–Trinajstić information content (AvgIpc) is 3.03. The number of hydrogen-bond donors (Lipinski definition) is 1. The minimum atomic E-state index is -0.534.